The predicted molar refractivity (Wildman–Crippen MR) is 198 cm³/mol. The minimum Gasteiger partial charge on any atom is -0.452 e. The van der Waals surface area contributed by atoms with E-state index in [0.717, 1.165) is 72.5 Å². The van der Waals surface area contributed by atoms with E-state index < -0.39 is 0 Å². The molecule has 0 unspecified atom stereocenters. The summed E-state index contributed by atoms with van der Waals surface area (Å²) in [6.45, 7) is 0. The highest BCUT2D eigenvalue weighted by molar-refractivity contribution is 6.07. The first-order valence-electron chi connectivity index (χ1n) is 16.2. The third-order valence-electron chi connectivity index (χ3n) is 8.73. The fraction of sp³-hybridized carbons (Fsp3) is 0. The lowest BCUT2D eigenvalue weighted by Crippen LogP contribution is -1.97. The smallest absolute Gasteiger partial charge is 0.180 e. The number of aromatic nitrogens is 4. The molecule has 0 aliphatic heterocycles. The average Bonchev–Trinajstić information content (AvgIpc) is 3.57. The molecule has 0 atom stereocenters. The van der Waals surface area contributed by atoms with Gasteiger partial charge in [-0.3, -0.25) is 0 Å². The number of hydrogen-bond donors (Lipinski definition) is 0. The summed E-state index contributed by atoms with van der Waals surface area (Å²) in [6, 6.07) is 57.4. The van der Waals surface area contributed by atoms with E-state index >= 15 is 0 Å². The Labute approximate surface area is 283 Å². The summed E-state index contributed by atoms with van der Waals surface area (Å²) in [5, 5.41) is 0.962. The first-order valence-corrected chi connectivity index (χ1v) is 16.2. The van der Waals surface area contributed by atoms with Crippen molar-refractivity contribution in [1.82, 2.24) is 19.9 Å². The Kier molecular flexibility index (Phi) is 7.06. The monoisotopic (exact) mass is 628 g/mol. The summed E-state index contributed by atoms with van der Waals surface area (Å²) in [6.07, 6.45) is 0. The molecule has 0 bridgehead atoms. The van der Waals surface area contributed by atoms with Gasteiger partial charge in [-0.1, -0.05) is 146 Å². The van der Waals surface area contributed by atoms with Crippen LogP contribution in [0, 0.1) is 0 Å². The standard InChI is InChI=1S/C44H28N4O/c1-4-15-29(16-5-1)37-28-38(30-17-6-2-7-18-30)46-44(45-37)35-24-11-10-23-34(35)32-21-14-22-33(27-32)43-47-40(31-19-8-3-9-20-31)42-41(48-43)36-25-12-13-26-39(36)49-42/h1-28H. The molecule has 0 spiro atoms. The average molecular weight is 629 g/mol. The summed E-state index contributed by atoms with van der Waals surface area (Å²) in [5.41, 5.74) is 11.7. The lowest BCUT2D eigenvalue weighted by atomic mass is 9.97. The molecule has 0 saturated heterocycles. The fourth-order valence-corrected chi connectivity index (χ4v) is 6.35. The molecule has 0 amide bonds. The van der Waals surface area contributed by atoms with Crippen LogP contribution in [-0.2, 0) is 0 Å². The van der Waals surface area contributed by atoms with Gasteiger partial charge in [-0.15, -0.1) is 0 Å². The van der Waals surface area contributed by atoms with Gasteiger partial charge in [-0.05, 0) is 35.4 Å². The molecule has 230 valence electrons. The number of fused-ring (bicyclic) bond motifs is 3. The van der Waals surface area contributed by atoms with Crippen LogP contribution in [0.4, 0.5) is 0 Å². The second kappa shape index (κ2) is 12.1. The van der Waals surface area contributed by atoms with Gasteiger partial charge in [0.25, 0.3) is 0 Å². The Hall–Kier alpha value is -6.72. The van der Waals surface area contributed by atoms with Crippen LogP contribution in [0.15, 0.2) is 174 Å². The molecule has 9 aromatic rings. The zero-order valence-electron chi connectivity index (χ0n) is 26.4. The molecule has 5 heteroatoms. The van der Waals surface area contributed by atoms with Crippen molar-refractivity contribution >= 4 is 22.1 Å². The van der Waals surface area contributed by atoms with Gasteiger partial charge in [0.2, 0.25) is 0 Å². The van der Waals surface area contributed by atoms with Gasteiger partial charge in [0.05, 0.1) is 11.4 Å². The van der Waals surface area contributed by atoms with E-state index in [1.54, 1.807) is 0 Å². The number of benzene rings is 6. The van der Waals surface area contributed by atoms with E-state index in [0.29, 0.717) is 17.2 Å². The lowest BCUT2D eigenvalue weighted by molar-refractivity contribution is 0.667. The minimum absolute atomic E-state index is 0.630. The molecule has 0 aliphatic rings. The van der Waals surface area contributed by atoms with Gasteiger partial charge in [-0.2, -0.15) is 0 Å². The maximum absolute atomic E-state index is 6.33. The second-order valence-corrected chi connectivity index (χ2v) is 11.9. The number of hydrogen-bond acceptors (Lipinski definition) is 5. The van der Waals surface area contributed by atoms with Gasteiger partial charge >= 0.3 is 0 Å². The van der Waals surface area contributed by atoms with E-state index in [9.17, 15) is 0 Å². The first kappa shape index (κ1) is 28.5. The van der Waals surface area contributed by atoms with Crippen molar-refractivity contribution < 1.29 is 4.42 Å². The Bertz CT molecular complexity index is 2540. The van der Waals surface area contributed by atoms with Crippen LogP contribution in [0.25, 0.3) is 89.7 Å². The lowest BCUT2D eigenvalue weighted by Gasteiger charge is -2.13. The van der Waals surface area contributed by atoms with Crippen molar-refractivity contribution in [2.24, 2.45) is 0 Å². The van der Waals surface area contributed by atoms with Crippen LogP contribution in [0.1, 0.15) is 0 Å². The summed E-state index contributed by atoms with van der Waals surface area (Å²) < 4.78 is 6.33. The minimum atomic E-state index is 0.630. The third kappa shape index (κ3) is 5.33. The van der Waals surface area contributed by atoms with Crippen molar-refractivity contribution in [2.45, 2.75) is 0 Å². The highest BCUT2D eigenvalue weighted by Crippen LogP contribution is 2.38. The number of nitrogens with zero attached hydrogens (tertiary/aromatic N) is 4. The molecule has 3 aromatic heterocycles. The van der Waals surface area contributed by atoms with Gasteiger partial charge in [0.15, 0.2) is 17.2 Å². The van der Waals surface area contributed by atoms with Crippen molar-refractivity contribution in [1.29, 1.82) is 0 Å². The van der Waals surface area contributed by atoms with Gasteiger partial charge in [-0.25, -0.2) is 19.9 Å². The predicted octanol–water partition coefficient (Wildman–Crippen LogP) is 11.2. The van der Waals surface area contributed by atoms with Crippen LogP contribution in [0.3, 0.4) is 0 Å². The summed E-state index contributed by atoms with van der Waals surface area (Å²) in [4.78, 5) is 20.5. The van der Waals surface area contributed by atoms with Crippen LogP contribution < -0.4 is 0 Å². The van der Waals surface area contributed by atoms with E-state index in [1.165, 1.54) is 0 Å². The molecule has 6 aromatic carbocycles. The van der Waals surface area contributed by atoms with Crippen LogP contribution in [0.5, 0.6) is 0 Å². The third-order valence-corrected chi connectivity index (χ3v) is 8.73. The van der Waals surface area contributed by atoms with Crippen molar-refractivity contribution in [2.75, 3.05) is 0 Å². The normalized spacial score (nSPS) is 11.3. The van der Waals surface area contributed by atoms with Crippen molar-refractivity contribution in [3.63, 3.8) is 0 Å². The molecule has 3 heterocycles. The van der Waals surface area contributed by atoms with E-state index in [2.05, 4.69) is 84.9 Å². The maximum atomic E-state index is 6.33. The maximum Gasteiger partial charge on any atom is 0.180 e. The highest BCUT2D eigenvalue weighted by atomic mass is 16.3. The van der Waals surface area contributed by atoms with Crippen molar-refractivity contribution in [3.8, 4) is 67.7 Å². The molecule has 0 saturated carbocycles. The summed E-state index contributed by atoms with van der Waals surface area (Å²) in [5.74, 6) is 1.29. The van der Waals surface area contributed by atoms with Crippen LogP contribution in [0.2, 0.25) is 0 Å². The first-order chi connectivity index (χ1) is 24.3. The van der Waals surface area contributed by atoms with Crippen molar-refractivity contribution in [3.05, 3.63) is 170 Å². The summed E-state index contributed by atoms with van der Waals surface area (Å²) in [7, 11) is 0. The molecular formula is C44H28N4O. The number of rotatable bonds is 6. The Morgan fingerprint density at radius 2 is 0.918 bits per heavy atom. The largest absolute Gasteiger partial charge is 0.452 e. The summed E-state index contributed by atoms with van der Waals surface area (Å²) >= 11 is 0. The second-order valence-electron chi connectivity index (χ2n) is 11.9. The van der Waals surface area contributed by atoms with Gasteiger partial charge in [0, 0.05) is 33.2 Å². The zero-order valence-corrected chi connectivity index (χ0v) is 26.4. The van der Waals surface area contributed by atoms with Gasteiger partial charge < -0.3 is 4.42 Å². The molecular weight excluding hydrogens is 601 g/mol. The zero-order chi connectivity index (χ0) is 32.6. The Morgan fingerprint density at radius 1 is 0.367 bits per heavy atom. The number of para-hydroxylation sites is 1. The molecule has 0 radical (unpaired) electrons. The fourth-order valence-electron chi connectivity index (χ4n) is 6.35. The quantitative estimate of drug-likeness (QED) is 0.183. The molecule has 0 aliphatic carbocycles. The van der Waals surface area contributed by atoms with E-state index in [-0.39, 0.29) is 0 Å². The molecule has 49 heavy (non-hydrogen) atoms. The van der Waals surface area contributed by atoms with E-state index in [1.807, 2.05) is 84.9 Å². The molecule has 5 nitrogen and oxygen atoms in total. The highest BCUT2D eigenvalue weighted by Gasteiger charge is 2.19. The van der Waals surface area contributed by atoms with E-state index in [4.69, 9.17) is 24.4 Å². The Balaban J connectivity index is 1.21. The molecule has 9 rings (SSSR count). The van der Waals surface area contributed by atoms with Gasteiger partial charge in [0.1, 0.15) is 16.8 Å². The number of furan rings is 1. The van der Waals surface area contributed by atoms with Crippen LogP contribution >= 0.6 is 0 Å². The van der Waals surface area contributed by atoms with Crippen LogP contribution in [-0.4, -0.2) is 19.9 Å². The molecule has 0 N–H and O–H groups in total. The Morgan fingerprint density at radius 3 is 1.61 bits per heavy atom. The molecule has 0 fully saturated rings. The topological polar surface area (TPSA) is 64.7 Å². The SMILES string of the molecule is c1ccc(-c2cc(-c3ccccc3)nc(-c3ccccc3-c3cccc(-c4nc(-c5ccccc5)c5oc6ccccc6c5n4)c3)n2)cc1.